The summed E-state index contributed by atoms with van der Waals surface area (Å²) in [4.78, 5) is 24.7. The van der Waals surface area contributed by atoms with E-state index in [2.05, 4.69) is 17.5 Å². The molecule has 9 nitrogen and oxygen atoms in total. The molecule has 2 aromatic carbocycles. The maximum Gasteiger partial charge on any atom is 0.339 e. The van der Waals surface area contributed by atoms with Crippen molar-refractivity contribution >= 4 is 23.1 Å². The average Bonchev–Trinajstić information content (AvgIpc) is 2.78. The maximum absolute atomic E-state index is 12.6. The van der Waals surface area contributed by atoms with Crippen molar-refractivity contribution in [3.05, 3.63) is 56.9 Å². The van der Waals surface area contributed by atoms with Crippen molar-refractivity contribution in [2.75, 3.05) is 0 Å². The number of hydrogen-bond donors (Lipinski definition) is 5. The summed E-state index contributed by atoms with van der Waals surface area (Å²) in [5, 5.41) is 43.3. The molecule has 0 aliphatic heterocycles. The van der Waals surface area contributed by atoms with E-state index in [4.69, 9.17) is 4.42 Å². The number of aryl methyl sites for hydroxylation is 2. The lowest BCUT2D eigenvalue weighted by Crippen LogP contribution is -2.20. The summed E-state index contributed by atoms with van der Waals surface area (Å²) in [5.41, 5.74) is 3.88. The second-order valence-corrected chi connectivity index (χ2v) is 8.10. The van der Waals surface area contributed by atoms with Gasteiger partial charge in [-0.25, -0.2) is 10.2 Å². The Morgan fingerprint density at radius 1 is 1.06 bits per heavy atom. The van der Waals surface area contributed by atoms with Crippen molar-refractivity contribution in [2.45, 2.75) is 52.4 Å². The Hall–Kier alpha value is -4.01. The highest BCUT2D eigenvalue weighted by atomic mass is 16.4. The number of nitrogens with zero attached hydrogens (tertiary/aromatic N) is 1. The Morgan fingerprint density at radius 3 is 2.56 bits per heavy atom. The first kappa shape index (κ1) is 24.6. The molecule has 0 bridgehead atoms. The van der Waals surface area contributed by atoms with Gasteiger partial charge in [-0.1, -0.05) is 19.8 Å². The monoisotopic (exact) mass is 468 g/mol. The zero-order valence-electron chi connectivity index (χ0n) is 19.1. The lowest BCUT2D eigenvalue weighted by Gasteiger charge is -2.11. The molecule has 5 N–H and O–H groups in total. The number of aromatic hydroxyl groups is 4. The molecule has 1 heterocycles. The molecule has 34 heavy (non-hydrogen) atoms. The van der Waals surface area contributed by atoms with E-state index in [1.807, 2.05) is 0 Å². The fourth-order valence-electron chi connectivity index (χ4n) is 3.75. The fraction of sp³-hybridized carbons (Fsp3) is 0.320. The third-order valence-electron chi connectivity index (χ3n) is 5.64. The predicted octanol–water partition coefficient (Wildman–Crippen LogP) is 3.74. The van der Waals surface area contributed by atoms with Gasteiger partial charge in [0, 0.05) is 17.5 Å². The molecule has 3 rings (SSSR count). The zero-order valence-corrected chi connectivity index (χ0v) is 19.1. The number of phenolic OH excluding ortho intramolecular Hbond substituents is 4. The molecule has 180 valence electrons. The number of unbranched alkanes of at least 4 members (excludes halogenated alkanes) is 2. The number of carbonyl (C=O) groups is 1. The Bertz CT molecular complexity index is 1290. The summed E-state index contributed by atoms with van der Waals surface area (Å²) in [6.45, 7) is 3.82. The van der Waals surface area contributed by atoms with Gasteiger partial charge in [0.05, 0.1) is 11.6 Å². The van der Waals surface area contributed by atoms with Crippen molar-refractivity contribution in [1.29, 1.82) is 0 Å². The third kappa shape index (κ3) is 5.48. The lowest BCUT2D eigenvalue weighted by atomic mass is 9.99. The van der Waals surface area contributed by atoms with E-state index < -0.39 is 28.8 Å². The van der Waals surface area contributed by atoms with Crippen LogP contribution in [0.1, 0.15) is 54.9 Å². The van der Waals surface area contributed by atoms with Gasteiger partial charge in [0.1, 0.15) is 11.3 Å². The molecule has 0 spiro atoms. The summed E-state index contributed by atoms with van der Waals surface area (Å²) < 4.78 is 5.46. The first-order chi connectivity index (χ1) is 16.2. The number of phenols is 4. The smallest absolute Gasteiger partial charge is 0.339 e. The zero-order chi connectivity index (χ0) is 24.8. The summed E-state index contributed by atoms with van der Waals surface area (Å²) in [7, 11) is 0. The van der Waals surface area contributed by atoms with Crippen molar-refractivity contribution < 1.29 is 29.6 Å². The molecule has 0 radical (unpaired) electrons. The summed E-state index contributed by atoms with van der Waals surface area (Å²) in [5.74, 6) is -2.20. The highest BCUT2D eigenvalue weighted by molar-refractivity contribution is 5.88. The van der Waals surface area contributed by atoms with Crippen molar-refractivity contribution in [3.8, 4) is 23.0 Å². The normalized spacial score (nSPS) is 11.4. The number of benzene rings is 2. The van der Waals surface area contributed by atoms with Gasteiger partial charge in [-0.05, 0) is 61.6 Å². The van der Waals surface area contributed by atoms with Crippen LogP contribution in [0.4, 0.5) is 0 Å². The van der Waals surface area contributed by atoms with Crippen molar-refractivity contribution in [1.82, 2.24) is 5.43 Å². The SMILES string of the molecule is CCCCCc1cc(O)c2c(C)c(CCC(=O)N/N=C/c3ccc(O)c(O)c3O)c(=O)oc2c1. The van der Waals surface area contributed by atoms with E-state index in [0.29, 0.717) is 22.1 Å². The van der Waals surface area contributed by atoms with Crippen LogP contribution in [0, 0.1) is 6.92 Å². The molecule has 1 amide bonds. The minimum absolute atomic E-state index is 0.0394. The minimum Gasteiger partial charge on any atom is -0.507 e. The van der Waals surface area contributed by atoms with E-state index in [9.17, 15) is 30.0 Å². The van der Waals surface area contributed by atoms with Gasteiger partial charge in [0.15, 0.2) is 11.5 Å². The second-order valence-electron chi connectivity index (χ2n) is 8.10. The summed E-state index contributed by atoms with van der Waals surface area (Å²) >= 11 is 0. The molecule has 9 heteroatoms. The third-order valence-corrected chi connectivity index (χ3v) is 5.64. The largest absolute Gasteiger partial charge is 0.507 e. The van der Waals surface area contributed by atoms with Crippen LogP contribution in [-0.4, -0.2) is 32.5 Å². The second kappa shape index (κ2) is 10.7. The Labute approximate surface area is 196 Å². The Kier molecular flexibility index (Phi) is 7.78. The molecule has 0 saturated heterocycles. The van der Waals surface area contributed by atoms with Gasteiger partial charge in [-0.15, -0.1) is 0 Å². The van der Waals surface area contributed by atoms with E-state index in [1.54, 1.807) is 19.1 Å². The Morgan fingerprint density at radius 2 is 1.82 bits per heavy atom. The van der Waals surface area contributed by atoms with Gasteiger partial charge in [0.2, 0.25) is 11.7 Å². The first-order valence-electron chi connectivity index (χ1n) is 11.1. The number of nitrogens with one attached hydrogen (secondary N) is 1. The Balaban J connectivity index is 1.70. The highest BCUT2D eigenvalue weighted by Gasteiger charge is 2.16. The van der Waals surface area contributed by atoms with Gasteiger partial charge in [0.25, 0.3) is 0 Å². The minimum atomic E-state index is -0.690. The van der Waals surface area contributed by atoms with E-state index in [0.717, 1.165) is 37.5 Å². The molecule has 0 aliphatic carbocycles. The number of hydrazone groups is 1. The molecule has 1 aromatic heterocycles. The molecule has 0 unspecified atom stereocenters. The van der Waals surface area contributed by atoms with Crippen LogP contribution in [0.25, 0.3) is 11.0 Å². The molecule has 0 saturated carbocycles. The van der Waals surface area contributed by atoms with Gasteiger partial charge >= 0.3 is 5.63 Å². The highest BCUT2D eigenvalue weighted by Crippen LogP contribution is 2.36. The first-order valence-corrected chi connectivity index (χ1v) is 11.1. The van der Waals surface area contributed by atoms with Crippen LogP contribution in [0.5, 0.6) is 23.0 Å². The molecular formula is C25H28N2O7. The van der Waals surface area contributed by atoms with Crippen LogP contribution in [0.15, 0.2) is 38.6 Å². The fourth-order valence-corrected chi connectivity index (χ4v) is 3.75. The lowest BCUT2D eigenvalue weighted by molar-refractivity contribution is -0.121. The predicted molar refractivity (Wildman–Crippen MR) is 128 cm³/mol. The quantitative estimate of drug-likeness (QED) is 0.105. The van der Waals surface area contributed by atoms with Crippen LogP contribution in [0.2, 0.25) is 0 Å². The molecule has 0 atom stereocenters. The molecule has 3 aromatic rings. The van der Waals surface area contributed by atoms with Gasteiger partial charge < -0.3 is 24.8 Å². The van der Waals surface area contributed by atoms with Gasteiger partial charge in [-0.2, -0.15) is 5.10 Å². The number of fused-ring (bicyclic) bond motifs is 1. The number of carbonyl (C=O) groups excluding carboxylic acids is 1. The van der Waals surface area contributed by atoms with Crippen molar-refractivity contribution in [3.63, 3.8) is 0 Å². The molecular weight excluding hydrogens is 440 g/mol. The van der Waals surface area contributed by atoms with E-state index in [1.165, 1.54) is 12.1 Å². The number of hydrogen-bond acceptors (Lipinski definition) is 8. The number of amides is 1. The van der Waals surface area contributed by atoms with Crippen molar-refractivity contribution in [2.24, 2.45) is 5.10 Å². The van der Waals surface area contributed by atoms with Gasteiger partial charge in [-0.3, -0.25) is 4.79 Å². The topological polar surface area (TPSA) is 153 Å². The average molecular weight is 469 g/mol. The van der Waals surface area contributed by atoms with Crippen LogP contribution in [0.3, 0.4) is 0 Å². The van der Waals surface area contributed by atoms with Crippen LogP contribution < -0.4 is 11.1 Å². The maximum atomic E-state index is 12.6. The summed E-state index contributed by atoms with van der Waals surface area (Å²) in [6.07, 6.45) is 5.03. The molecule has 0 fully saturated rings. The van der Waals surface area contributed by atoms with Crippen LogP contribution in [-0.2, 0) is 17.6 Å². The van der Waals surface area contributed by atoms with E-state index >= 15 is 0 Å². The molecule has 0 aliphatic rings. The van der Waals surface area contributed by atoms with Crippen LogP contribution >= 0.6 is 0 Å². The summed E-state index contributed by atoms with van der Waals surface area (Å²) in [6, 6.07) is 5.95. The number of rotatable bonds is 9. The van der Waals surface area contributed by atoms with E-state index in [-0.39, 0.29) is 24.2 Å². The standard InChI is InChI=1S/C25H28N2O7/c1-3-4-5-6-15-11-19(29)22-14(2)17(25(33)34-20(22)12-15)8-10-21(30)27-26-13-16-7-9-18(28)24(32)23(16)31/h7,9,11-13,28-29,31-32H,3-6,8,10H2,1-2H3,(H,27,30)/b26-13+.